The van der Waals surface area contributed by atoms with Gasteiger partial charge in [-0.25, -0.2) is 0 Å². The van der Waals surface area contributed by atoms with Crippen LogP contribution < -0.4 is 0 Å². The van der Waals surface area contributed by atoms with Crippen molar-refractivity contribution in [3.63, 3.8) is 0 Å². The van der Waals surface area contributed by atoms with Gasteiger partial charge in [0, 0.05) is 13.1 Å². The van der Waals surface area contributed by atoms with Crippen molar-refractivity contribution in [1.29, 1.82) is 0 Å². The van der Waals surface area contributed by atoms with Crippen molar-refractivity contribution in [2.24, 2.45) is 0 Å². The molecule has 0 heterocycles. The number of carbonyl (C=O) groups is 1. The molecule has 0 saturated heterocycles. The number of benzene rings is 2. The molecule has 0 aliphatic rings. The van der Waals surface area contributed by atoms with E-state index in [4.69, 9.17) is 5.11 Å². The monoisotopic (exact) mass is 283 g/mol. The summed E-state index contributed by atoms with van der Waals surface area (Å²) in [7, 11) is 0. The van der Waals surface area contributed by atoms with Crippen LogP contribution in [0.15, 0.2) is 54.6 Å². The second-order valence-corrected chi connectivity index (χ2v) is 4.94. The zero-order valence-electron chi connectivity index (χ0n) is 12.3. The van der Waals surface area contributed by atoms with Gasteiger partial charge in [-0.3, -0.25) is 4.79 Å². The van der Waals surface area contributed by atoms with Gasteiger partial charge < -0.3 is 10.0 Å². The zero-order chi connectivity index (χ0) is 15.1. The number of likely N-dealkylation sites (N-methyl/N-ethyl adjacent to an activating group) is 1. The standard InChI is InChI=1S/C18H21NO2/c1-2-19(12-13-20)18(21)14-15-8-10-17(11-9-15)16-6-4-3-5-7-16/h3-11,20H,2,12-14H2,1H3. The minimum absolute atomic E-state index is 0.00647. The summed E-state index contributed by atoms with van der Waals surface area (Å²) in [5.41, 5.74) is 3.32. The Bertz CT molecular complexity index is 564. The van der Waals surface area contributed by atoms with Crippen LogP contribution in [0.25, 0.3) is 11.1 Å². The van der Waals surface area contributed by atoms with Gasteiger partial charge in [-0.15, -0.1) is 0 Å². The molecule has 2 aromatic rings. The van der Waals surface area contributed by atoms with E-state index in [2.05, 4.69) is 12.1 Å². The van der Waals surface area contributed by atoms with Gasteiger partial charge in [0.1, 0.15) is 0 Å². The SMILES string of the molecule is CCN(CCO)C(=O)Cc1ccc(-c2ccccc2)cc1. The molecule has 0 aliphatic carbocycles. The highest BCUT2D eigenvalue weighted by Crippen LogP contribution is 2.19. The first-order valence-electron chi connectivity index (χ1n) is 7.27. The highest BCUT2D eigenvalue weighted by atomic mass is 16.3. The quantitative estimate of drug-likeness (QED) is 0.885. The van der Waals surface area contributed by atoms with Crippen LogP contribution in [0.2, 0.25) is 0 Å². The minimum atomic E-state index is 0.00647. The summed E-state index contributed by atoms with van der Waals surface area (Å²) in [6.45, 7) is 2.96. The molecule has 1 amide bonds. The number of rotatable bonds is 6. The van der Waals surface area contributed by atoms with Crippen LogP contribution in [0.5, 0.6) is 0 Å². The Morgan fingerprint density at radius 3 is 2.19 bits per heavy atom. The summed E-state index contributed by atoms with van der Waals surface area (Å²) in [4.78, 5) is 13.8. The lowest BCUT2D eigenvalue weighted by atomic mass is 10.0. The fourth-order valence-corrected chi connectivity index (χ4v) is 2.31. The molecule has 2 rings (SSSR count). The Morgan fingerprint density at radius 1 is 1.00 bits per heavy atom. The number of hydrogen-bond donors (Lipinski definition) is 1. The number of amides is 1. The lowest BCUT2D eigenvalue weighted by Crippen LogP contribution is -2.34. The van der Waals surface area contributed by atoms with Gasteiger partial charge in [0.15, 0.2) is 0 Å². The molecule has 1 N–H and O–H groups in total. The predicted octanol–water partition coefficient (Wildman–Crippen LogP) is 2.74. The van der Waals surface area contributed by atoms with E-state index in [-0.39, 0.29) is 12.5 Å². The Hall–Kier alpha value is -2.13. The van der Waals surface area contributed by atoms with Crippen LogP contribution in [0.1, 0.15) is 12.5 Å². The van der Waals surface area contributed by atoms with Crippen LogP contribution >= 0.6 is 0 Å². The lowest BCUT2D eigenvalue weighted by molar-refractivity contribution is -0.130. The average Bonchev–Trinajstić information content (AvgIpc) is 2.54. The third kappa shape index (κ3) is 4.17. The van der Waals surface area contributed by atoms with Crippen molar-refractivity contribution in [2.45, 2.75) is 13.3 Å². The summed E-state index contributed by atoms with van der Waals surface area (Å²) < 4.78 is 0. The van der Waals surface area contributed by atoms with Crippen LogP contribution in [0.4, 0.5) is 0 Å². The summed E-state index contributed by atoms with van der Waals surface area (Å²) in [6, 6.07) is 18.2. The van der Waals surface area contributed by atoms with Gasteiger partial charge in [0.25, 0.3) is 0 Å². The molecule has 0 unspecified atom stereocenters. The molecule has 0 spiro atoms. The number of carbonyl (C=O) groups excluding carboxylic acids is 1. The van der Waals surface area contributed by atoms with E-state index in [9.17, 15) is 4.79 Å². The molecule has 3 heteroatoms. The number of aliphatic hydroxyl groups excluding tert-OH is 1. The molecule has 0 aromatic heterocycles. The largest absolute Gasteiger partial charge is 0.395 e. The topological polar surface area (TPSA) is 40.5 Å². The van der Waals surface area contributed by atoms with Crippen molar-refractivity contribution < 1.29 is 9.90 Å². The van der Waals surface area contributed by atoms with Gasteiger partial charge in [0.05, 0.1) is 13.0 Å². The third-order valence-corrected chi connectivity index (χ3v) is 3.52. The Labute approximate surface area is 125 Å². The van der Waals surface area contributed by atoms with Gasteiger partial charge in [-0.1, -0.05) is 54.6 Å². The summed E-state index contributed by atoms with van der Waals surface area (Å²) in [6.07, 6.45) is 0.378. The van der Waals surface area contributed by atoms with E-state index in [0.717, 1.165) is 11.1 Å². The normalized spacial score (nSPS) is 10.4. The van der Waals surface area contributed by atoms with Gasteiger partial charge in [-0.2, -0.15) is 0 Å². The minimum Gasteiger partial charge on any atom is -0.395 e. The summed E-state index contributed by atoms with van der Waals surface area (Å²) in [5.74, 6) is 0.0546. The maximum absolute atomic E-state index is 12.1. The Kier molecular flexibility index (Phi) is 5.52. The van der Waals surface area contributed by atoms with Crippen LogP contribution in [0.3, 0.4) is 0 Å². The van der Waals surface area contributed by atoms with Crippen molar-refractivity contribution in [2.75, 3.05) is 19.7 Å². The van der Waals surface area contributed by atoms with Crippen molar-refractivity contribution in [3.05, 3.63) is 60.2 Å². The maximum atomic E-state index is 12.1. The highest BCUT2D eigenvalue weighted by Gasteiger charge is 2.11. The van der Waals surface area contributed by atoms with E-state index in [1.54, 1.807) is 4.90 Å². The molecule has 0 saturated carbocycles. The molecule has 0 radical (unpaired) electrons. The third-order valence-electron chi connectivity index (χ3n) is 3.52. The molecule has 0 aliphatic heterocycles. The molecule has 110 valence electrons. The number of aliphatic hydroxyl groups is 1. The fourth-order valence-electron chi connectivity index (χ4n) is 2.31. The van der Waals surface area contributed by atoms with Crippen LogP contribution in [0, 0.1) is 0 Å². The maximum Gasteiger partial charge on any atom is 0.227 e. The number of nitrogens with zero attached hydrogens (tertiary/aromatic N) is 1. The van der Waals surface area contributed by atoms with Gasteiger partial charge in [0.2, 0.25) is 5.91 Å². The van der Waals surface area contributed by atoms with Crippen LogP contribution in [-0.4, -0.2) is 35.6 Å². The molecule has 0 fully saturated rings. The molecule has 0 atom stereocenters. The van der Waals surface area contributed by atoms with E-state index in [1.807, 2.05) is 49.4 Å². The molecule has 21 heavy (non-hydrogen) atoms. The molecule has 3 nitrogen and oxygen atoms in total. The summed E-state index contributed by atoms with van der Waals surface area (Å²) >= 11 is 0. The second kappa shape index (κ2) is 7.60. The van der Waals surface area contributed by atoms with Gasteiger partial charge >= 0.3 is 0 Å². The van der Waals surface area contributed by atoms with E-state index < -0.39 is 0 Å². The van der Waals surface area contributed by atoms with Crippen molar-refractivity contribution >= 4 is 5.91 Å². The first-order valence-corrected chi connectivity index (χ1v) is 7.27. The van der Waals surface area contributed by atoms with E-state index in [0.29, 0.717) is 19.5 Å². The lowest BCUT2D eigenvalue weighted by Gasteiger charge is -2.19. The van der Waals surface area contributed by atoms with Crippen molar-refractivity contribution in [1.82, 2.24) is 4.90 Å². The molecule has 2 aromatic carbocycles. The average molecular weight is 283 g/mol. The predicted molar refractivity (Wildman–Crippen MR) is 84.9 cm³/mol. The van der Waals surface area contributed by atoms with E-state index >= 15 is 0 Å². The fraction of sp³-hybridized carbons (Fsp3) is 0.278. The van der Waals surface area contributed by atoms with Crippen molar-refractivity contribution in [3.8, 4) is 11.1 Å². The smallest absolute Gasteiger partial charge is 0.227 e. The zero-order valence-corrected chi connectivity index (χ0v) is 12.3. The number of hydrogen-bond acceptors (Lipinski definition) is 2. The first kappa shape index (κ1) is 15.3. The Morgan fingerprint density at radius 2 is 1.62 bits per heavy atom. The van der Waals surface area contributed by atoms with Crippen LogP contribution in [-0.2, 0) is 11.2 Å². The molecular weight excluding hydrogens is 262 g/mol. The van der Waals surface area contributed by atoms with E-state index in [1.165, 1.54) is 5.56 Å². The molecule has 0 bridgehead atoms. The molecular formula is C18H21NO2. The second-order valence-electron chi connectivity index (χ2n) is 4.94. The van der Waals surface area contributed by atoms with Gasteiger partial charge in [-0.05, 0) is 23.6 Å². The Balaban J connectivity index is 2.04. The highest BCUT2D eigenvalue weighted by molar-refractivity contribution is 5.79. The summed E-state index contributed by atoms with van der Waals surface area (Å²) in [5, 5.41) is 8.95. The first-order chi connectivity index (χ1) is 10.2.